The van der Waals surface area contributed by atoms with Gasteiger partial charge in [-0.1, -0.05) is 24.3 Å². The van der Waals surface area contributed by atoms with Gasteiger partial charge < -0.3 is 9.80 Å². The summed E-state index contributed by atoms with van der Waals surface area (Å²) in [6.45, 7) is 4.68. The highest BCUT2D eigenvalue weighted by Crippen LogP contribution is 2.38. The highest BCUT2D eigenvalue weighted by molar-refractivity contribution is 7.11. The number of rotatable bonds is 6. The molecule has 0 atom stereocenters. The molecule has 0 unspecified atom stereocenters. The van der Waals surface area contributed by atoms with Crippen molar-refractivity contribution in [1.82, 2.24) is 0 Å². The summed E-state index contributed by atoms with van der Waals surface area (Å²) in [6.07, 6.45) is 3.68. The van der Waals surface area contributed by atoms with E-state index in [1.54, 1.807) is 0 Å². The van der Waals surface area contributed by atoms with Crippen molar-refractivity contribution in [1.29, 1.82) is 0 Å². The van der Waals surface area contributed by atoms with E-state index in [1.807, 2.05) is 83.9 Å². The Bertz CT molecular complexity index is 1160. The fourth-order valence-corrected chi connectivity index (χ4v) is 5.45. The Morgan fingerprint density at radius 2 is 1.52 bits per heavy atom. The van der Waals surface area contributed by atoms with E-state index in [4.69, 9.17) is 0 Å². The number of hydrogen-bond acceptors (Lipinski definition) is 5. The summed E-state index contributed by atoms with van der Waals surface area (Å²) in [5, 5.41) is 1.94. The zero-order valence-corrected chi connectivity index (χ0v) is 19.6. The lowest BCUT2D eigenvalue weighted by Crippen LogP contribution is -2.35. The average molecular weight is 458 g/mol. The molecule has 33 heavy (non-hydrogen) atoms. The van der Waals surface area contributed by atoms with Crippen molar-refractivity contribution in [3.63, 3.8) is 0 Å². The quantitative estimate of drug-likeness (QED) is 0.455. The Balaban J connectivity index is 1.53. The van der Waals surface area contributed by atoms with Crippen LogP contribution < -0.4 is 14.7 Å². The zero-order chi connectivity index (χ0) is 22.8. The lowest BCUT2D eigenvalue weighted by atomic mass is 10.1. The van der Waals surface area contributed by atoms with Crippen LogP contribution in [0.25, 0.3) is 5.57 Å². The van der Waals surface area contributed by atoms with Crippen LogP contribution >= 0.6 is 11.3 Å². The van der Waals surface area contributed by atoms with Crippen LogP contribution in [0.5, 0.6) is 0 Å². The fraction of sp³-hybridized carbons (Fsp3) is 0.259. The van der Waals surface area contributed by atoms with Gasteiger partial charge in [-0.15, -0.1) is 11.3 Å². The number of thiophene rings is 1. The number of likely N-dealkylation sites (N-methyl/N-ethyl adjacent to an activating group) is 1. The van der Waals surface area contributed by atoms with E-state index in [0.29, 0.717) is 23.5 Å². The average Bonchev–Trinajstić information content (AvgIpc) is 3.48. The molecule has 5 rings (SSSR count). The van der Waals surface area contributed by atoms with Crippen LogP contribution in [0, 0.1) is 0 Å². The molecule has 5 nitrogen and oxygen atoms in total. The Hall–Kier alpha value is -3.38. The summed E-state index contributed by atoms with van der Waals surface area (Å²) < 4.78 is 0. The number of nitrogens with zero attached hydrogens (tertiary/aromatic N) is 3. The van der Waals surface area contributed by atoms with Gasteiger partial charge in [0, 0.05) is 35.9 Å². The van der Waals surface area contributed by atoms with Gasteiger partial charge in [0.15, 0.2) is 0 Å². The van der Waals surface area contributed by atoms with Gasteiger partial charge in [0.2, 0.25) is 0 Å². The van der Waals surface area contributed by atoms with Crippen molar-refractivity contribution < 1.29 is 9.59 Å². The second-order valence-electron chi connectivity index (χ2n) is 8.29. The number of amides is 2. The number of benzene rings is 2. The molecular weight excluding hydrogens is 430 g/mol. The first kappa shape index (κ1) is 21.5. The number of carbonyl (C=O) groups is 2. The number of anilines is 3. The van der Waals surface area contributed by atoms with Gasteiger partial charge in [-0.2, -0.15) is 0 Å². The van der Waals surface area contributed by atoms with E-state index in [1.165, 1.54) is 35.5 Å². The minimum atomic E-state index is -0.278. The van der Waals surface area contributed by atoms with Crippen molar-refractivity contribution in [2.75, 3.05) is 34.3 Å². The minimum absolute atomic E-state index is 0.266. The van der Waals surface area contributed by atoms with Crippen LogP contribution in [0.1, 0.15) is 31.1 Å². The van der Waals surface area contributed by atoms with E-state index in [-0.39, 0.29) is 11.8 Å². The third-order valence-corrected chi connectivity index (χ3v) is 7.20. The Morgan fingerprint density at radius 1 is 0.818 bits per heavy atom. The maximum absolute atomic E-state index is 13.8. The highest BCUT2D eigenvalue weighted by Gasteiger charge is 2.43. The molecule has 2 amide bonds. The van der Waals surface area contributed by atoms with E-state index >= 15 is 0 Å². The van der Waals surface area contributed by atoms with E-state index in [2.05, 4.69) is 4.90 Å². The topological polar surface area (TPSA) is 43.9 Å². The van der Waals surface area contributed by atoms with Crippen LogP contribution in [0.3, 0.4) is 0 Å². The minimum Gasteiger partial charge on any atom is -0.372 e. The maximum Gasteiger partial charge on any atom is 0.282 e. The smallest absolute Gasteiger partial charge is 0.282 e. The molecule has 1 saturated heterocycles. The van der Waals surface area contributed by atoms with Gasteiger partial charge >= 0.3 is 0 Å². The van der Waals surface area contributed by atoms with Crippen LogP contribution in [-0.2, 0) is 9.59 Å². The number of piperidine rings is 1. The summed E-state index contributed by atoms with van der Waals surface area (Å²) in [6, 6.07) is 21.4. The molecule has 0 N–H and O–H groups in total. The molecule has 3 aromatic rings. The standard InChI is InChI=1S/C27H27N3O2S/c1-2-29(21-10-5-3-6-11-21)25-24(23-12-9-19-33-23)26(31)30(27(25)32)22-15-13-20(14-16-22)28-17-7-4-8-18-28/h3,5-6,9-16,19H,2,4,7-8,17-18H2,1H3. The first-order chi connectivity index (χ1) is 16.2. The maximum atomic E-state index is 13.8. The normalized spacial score (nSPS) is 16.6. The number of carbonyl (C=O) groups excluding carboxylic acids is 2. The third-order valence-electron chi connectivity index (χ3n) is 6.31. The molecule has 168 valence electrons. The largest absolute Gasteiger partial charge is 0.372 e. The predicted molar refractivity (Wildman–Crippen MR) is 136 cm³/mol. The Morgan fingerprint density at radius 3 is 2.15 bits per heavy atom. The first-order valence-electron chi connectivity index (χ1n) is 11.5. The molecule has 6 heteroatoms. The van der Waals surface area contributed by atoms with Crippen molar-refractivity contribution in [2.24, 2.45) is 0 Å². The van der Waals surface area contributed by atoms with E-state index in [9.17, 15) is 9.59 Å². The molecule has 3 heterocycles. The van der Waals surface area contributed by atoms with Crippen LogP contribution in [0.4, 0.5) is 17.1 Å². The lowest BCUT2D eigenvalue weighted by molar-refractivity contribution is -0.120. The fourth-order valence-electron chi connectivity index (χ4n) is 4.69. The predicted octanol–water partition coefficient (Wildman–Crippen LogP) is 5.55. The highest BCUT2D eigenvalue weighted by atomic mass is 32.1. The molecule has 2 aliphatic heterocycles. The van der Waals surface area contributed by atoms with E-state index in [0.717, 1.165) is 29.3 Å². The van der Waals surface area contributed by atoms with Crippen LogP contribution in [-0.4, -0.2) is 31.4 Å². The molecule has 1 fully saturated rings. The van der Waals surface area contributed by atoms with Gasteiger partial charge in [0.05, 0.1) is 11.3 Å². The monoisotopic (exact) mass is 457 g/mol. The number of imide groups is 1. The SMILES string of the molecule is CCN(C1=C(c2cccs2)C(=O)N(c2ccc(N3CCCCC3)cc2)C1=O)c1ccccc1. The number of hydrogen-bond donors (Lipinski definition) is 0. The van der Waals surface area contributed by atoms with Crippen molar-refractivity contribution >= 4 is 45.8 Å². The summed E-state index contributed by atoms with van der Waals surface area (Å²) in [5.41, 5.74) is 3.56. The molecule has 2 aromatic carbocycles. The molecule has 0 spiro atoms. The summed E-state index contributed by atoms with van der Waals surface area (Å²) in [4.78, 5) is 33.9. The summed E-state index contributed by atoms with van der Waals surface area (Å²) in [7, 11) is 0. The third kappa shape index (κ3) is 3.95. The van der Waals surface area contributed by atoms with Gasteiger partial charge in [0.25, 0.3) is 11.8 Å². The molecule has 1 aromatic heterocycles. The second kappa shape index (κ2) is 9.24. The Labute approximate surface area is 198 Å². The van der Waals surface area contributed by atoms with E-state index < -0.39 is 0 Å². The van der Waals surface area contributed by atoms with Gasteiger partial charge in [0.1, 0.15) is 5.70 Å². The molecule has 0 saturated carbocycles. The lowest BCUT2D eigenvalue weighted by Gasteiger charge is -2.29. The second-order valence-corrected chi connectivity index (χ2v) is 9.24. The molecule has 0 radical (unpaired) electrons. The summed E-state index contributed by atoms with van der Waals surface area (Å²) in [5.74, 6) is -0.544. The molecule has 2 aliphatic rings. The number of para-hydroxylation sites is 1. The zero-order valence-electron chi connectivity index (χ0n) is 18.7. The van der Waals surface area contributed by atoms with Gasteiger partial charge in [-0.3, -0.25) is 9.59 Å². The van der Waals surface area contributed by atoms with Crippen molar-refractivity contribution in [2.45, 2.75) is 26.2 Å². The summed E-state index contributed by atoms with van der Waals surface area (Å²) >= 11 is 1.48. The van der Waals surface area contributed by atoms with Crippen LogP contribution in [0.2, 0.25) is 0 Å². The van der Waals surface area contributed by atoms with Crippen LogP contribution in [0.15, 0.2) is 77.8 Å². The molecule has 0 bridgehead atoms. The first-order valence-corrected chi connectivity index (χ1v) is 12.4. The van der Waals surface area contributed by atoms with Gasteiger partial charge in [-0.25, -0.2) is 4.90 Å². The Kier molecular flexibility index (Phi) is 6.01. The van der Waals surface area contributed by atoms with Gasteiger partial charge in [-0.05, 0) is 74.0 Å². The molecular formula is C27H27N3O2S. The van der Waals surface area contributed by atoms with Crippen molar-refractivity contribution in [3.8, 4) is 0 Å². The molecule has 0 aliphatic carbocycles. The van der Waals surface area contributed by atoms with Crippen molar-refractivity contribution in [3.05, 3.63) is 82.7 Å².